The molecule has 0 bridgehead atoms. The van der Waals surface area contributed by atoms with Gasteiger partial charge in [0.25, 0.3) is 5.91 Å². The first-order chi connectivity index (χ1) is 8.56. The normalized spacial score (nSPS) is 10.4. The van der Waals surface area contributed by atoms with Crippen molar-refractivity contribution in [3.63, 3.8) is 0 Å². The highest BCUT2D eigenvalue weighted by Crippen LogP contribution is 2.23. The highest BCUT2D eigenvalue weighted by Gasteiger charge is 2.13. The van der Waals surface area contributed by atoms with E-state index in [4.69, 9.17) is 11.6 Å². The van der Waals surface area contributed by atoms with Gasteiger partial charge in [-0.25, -0.2) is 0 Å². The van der Waals surface area contributed by atoms with Gasteiger partial charge in [0.15, 0.2) is 0 Å². The maximum absolute atomic E-state index is 12.1. The molecule has 0 aliphatic heterocycles. The van der Waals surface area contributed by atoms with Gasteiger partial charge in [0.05, 0.1) is 16.4 Å². The van der Waals surface area contributed by atoms with Crippen LogP contribution in [0.1, 0.15) is 15.2 Å². The van der Waals surface area contributed by atoms with Gasteiger partial charge in [0, 0.05) is 28.8 Å². The molecule has 3 nitrogen and oxygen atoms in total. The minimum Gasteiger partial charge on any atom is -0.337 e. The third-order valence-corrected chi connectivity index (χ3v) is 3.97. The van der Waals surface area contributed by atoms with Crippen LogP contribution < -0.4 is 0 Å². The van der Waals surface area contributed by atoms with E-state index in [1.165, 1.54) is 11.3 Å². The van der Waals surface area contributed by atoms with Crippen molar-refractivity contribution >= 4 is 44.8 Å². The van der Waals surface area contributed by atoms with Crippen LogP contribution in [0.3, 0.4) is 0 Å². The summed E-state index contributed by atoms with van der Waals surface area (Å²) in [4.78, 5) is 18.8. The van der Waals surface area contributed by atoms with Crippen LogP contribution >= 0.6 is 38.9 Å². The van der Waals surface area contributed by atoms with Crippen LogP contribution in [-0.4, -0.2) is 22.8 Å². The number of thiophene rings is 1. The van der Waals surface area contributed by atoms with Crippen molar-refractivity contribution in [2.45, 2.75) is 6.54 Å². The van der Waals surface area contributed by atoms with E-state index in [2.05, 4.69) is 20.9 Å². The zero-order valence-corrected chi connectivity index (χ0v) is 12.7. The predicted octanol–water partition coefficient (Wildman–Crippen LogP) is 3.83. The number of pyridine rings is 1. The molecule has 2 aromatic heterocycles. The molecule has 0 fully saturated rings. The molecular weight excluding hydrogens is 336 g/mol. The largest absolute Gasteiger partial charge is 0.337 e. The third-order valence-electron chi connectivity index (χ3n) is 2.32. The van der Waals surface area contributed by atoms with E-state index in [-0.39, 0.29) is 5.91 Å². The van der Waals surface area contributed by atoms with Crippen molar-refractivity contribution in [2.75, 3.05) is 7.05 Å². The summed E-state index contributed by atoms with van der Waals surface area (Å²) in [5.41, 5.74) is 0.564. The molecule has 0 aromatic carbocycles. The number of carbonyl (C=O) groups excluding carboxylic acids is 1. The fraction of sp³-hybridized carbons (Fsp3) is 0.167. The number of hydrogen-bond acceptors (Lipinski definition) is 3. The second kappa shape index (κ2) is 5.82. The van der Waals surface area contributed by atoms with E-state index in [0.29, 0.717) is 12.1 Å². The van der Waals surface area contributed by atoms with Gasteiger partial charge < -0.3 is 4.90 Å². The van der Waals surface area contributed by atoms with E-state index in [0.717, 1.165) is 13.7 Å². The first-order valence-electron chi connectivity index (χ1n) is 5.16. The Labute approximate surface area is 123 Å². The second-order valence-electron chi connectivity index (χ2n) is 3.76. The van der Waals surface area contributed by atoms with Gasteiger partial charge in [-0.2, -0.15) is 0 Å². The van der Waals surface area contributed by atoms with Crippen molar-refractivity contribution in [3.8, 4) is 0 Å². The summed E-state index contributed by atoms with van der Waals surface area (Å²) in [6, 6.07) is 5.52. The summed E-state index contributed by atoms with van der Waals surface area (Å²) in [6.45, 7) is 0.544. The summed E-state index contributed by atoms with van der Waals surface area (Å²) in [6.07, 6.45) is 3.21. The summed E-state index contributed by atoms with van der Waals surface area (Å²) >= 11 is 10.6. The van der Waals surface area contributed by atoms with Gasteiger partial charge in [-0.05, 0) is 34.1 Å². The molecule has 0 aliphatic carbocycles. The molecule has 0 aliphatic rings. The summed E-state index contributed by atoms with van der Waals surface area (Å²) in [7, 11) is 1.76. The number of carbonyl (C=O) groups is 1. The molecule has 2 heterocycles. The van der Waals surface area contributed by atoms with Crippen molar-refractivity contribution in [2.24, 2.45) is 0 Å². The smallest absolute Gasteiger partial charge is 0.255 e. The minimum atomic E-state index is -0.0617. The average Bonchev–Trinajstić information content (AvgIpc) is 2.73. The number of halogens is 2. The van der Waals surface area contributed by atoms with Gasteiger partial charge in [0.2, 0.25) is 0 Å². The van der Waals surface area contributed by atoms with E-state index >= 15 is 0 Å². The lowest BCUT2D eigenvalue weighted by Gasteiger charge is -2.16. The van der Waals surface area contributed by atoms with Gasteiger partial charge >= 0.3 is 0 Å². The molecule has 0 N–H and O–H groups in total. The van der Waals surface area contributed by atoms with Crippen LogP contribution in [0.25, 0.3) is 0 Å². The van der Waals surface area contributed by atoms with Crippen molar-refractivity contribution in [1.82, 2.24) is 9.88 Å². The van der Waals surface area contributed by atoms with Gasteiger partial charge in [-0.15, -0.1) is 11.3 Å². The van der Waals surface area contributed by atoms with E-state index in [1.54, 1.807) is 30.4 Å². The number of nitrogens with zero attached hydrogens (tertiary/aromatic N) is 2. The molecule has 1 amide bonds. The molecular formula is C12H10BrClN2OS. The maximum atomic E-state index is 12.1. The molecule has 6 heteroatoms. The topological polar surface area (TPSA) is 33.2 Å². The van der Waals surface area contributed by atoms with E-state index in [1.807, 2.05) is 12.1 Å². The van der Waals surface area contributed by atoms with Gasteiger partial charge in [-0.3, -0.25) is 9.78 Å². The Morgan fingerprint density at radius 1 is 1.50 bits per heavy atom. The van der Waals surface area contributed by atoms with E-state index in [9.17, 15) is 4.79 Å². The molecule has 0 unspecified atom stereocenters. The first kappa shape index (κ1) is 13.5. The average molecular weight is 346 g/mol. The van der Waals surface area contributed by atoms with Crippen molar-refractivity contribution in [3.05, 3.63) is 49.8 Å². The highest BCUT2D eigenvalue weighted by atomic mass is 79.9. The summed E-state index contributed by atoms with van der Waals surface area (Å²) in [5, 5.41) is 0. The summed E-state index contributed by atoms with van der Waals surface area (Å²) < 4.78 is 1.52. The highest BCUT2D eigenvalue weighted by molar-refractivity contribution is 9.10. The standard InChI is InChI=1S/C12H10BrClN2OS/c1-16(7-10-2-3-11(14)18-10)12(17)8-4-9(13)6-15-5-8/h2-6H,7H2,1H3. The summed E-state index contributed by atoms with van der Waals surface area (Å²) in [5.74, 6) is -0.0617. The van der Waals surface area contributed by atoms with Crippen LogP contribution in [0.4, 0.5) is 0 Å². The van der Waals surface area contributed by atoms with Gasteiger partial charge in [-0.1, -0.05) is 11.6 Å². The van der Waals surface area contributed by atoms with Crippen LogP contribution in [0.15, 0.2) is 35.1 Å². The molecule has 0 atom stereocenters. The molecule has 0 saturated heterocycles. The molecule has 94 valence electrons. The number of aromatic nitrogens is 1. The second-order valence-corrected chi connectivity index (χ2v) is 6.47. The third kappa shape index (κ3) is 3.31. The molecule has 2 aromatic rings. The molecule has 2 rings (SSSR count). The lowest BCUT2D eigenvalue weighted by molar-refractivity contribution is 0.0786. The minimum absolute atomic E-state index is 0.0617. The van der Waals surface area contributed by atoms with Crippen LogP contribution in [0.2, 0.25) is 4.34 Å². The Morgan fingerprint density at radius 2 is 2.28 bits per heavy atom. The Hall–Kier alpha value is -0.910. The maximum Gasteiger partial charge on any atom is 0.255 e. The molecule has 0 radical (unpaired) electrons. The first-order valence-corrected chi connectivity index (χ1v) is 7.15. The lowest BCUT2D eigenvalue weighted by atomic mass is 10.2. The monoisotopic (exact) mass is 344 g/mol. The van der Waals surface area contributed by atoms with Gasteiger partial charge in [0.1, 0.15) is 0 Å². The van der Waals surface area contributed by atoms with Crippen LogP contribution in [0.5, 0.6) is 0 Å². The zero-order chi connectivity index (χ0) is 13.1. The molecule has 18 heavy (non-hydrogen) atoms. The number of rotatable bonds is 3. The van der Waals surface area contributed by atoms with Crippen LogP contribution in [0, 0.1) is 0 Å². The quantitative estimate of drug-likeness (QED) is 0.847. The molecule has 0 saturated carbocycles. The van der Waals surface area contributed by atoms with E-state index < -0.39 is 0 Å². The number of amides is 1. The lowest BCUT2D eigenvalue weighted by Crippen LogP contribution is -2.25. The number of hydrogen-bond donors (Lipinski definition) is 0. The fourth-order valence-corrected chi connectivity index (χ4v) is 3.00. The Kier molecular flexibility index (Phi) is 4.37. The van der Waals surface area contributed by atoms with Crippen molar-refractivity contribution in [1.29, 1.82) is 0 Å². The SMILES string of the molecule is CN(Cc1ccc(Cl)s1)C(=O)c1cncc(Br)c1. The predicted molar refractivity (Wildman–Crippen MR) is 77.1 cm³/mol. The Balaban J connectivity index is 2.09. The molecule has 0 spiro atoms. The van der Waals surface area contributed by atoms with Crippen molar-refractivity contribution < 1.29 is 4.79 Å². The Bertz CT molecular complexity index is 573. The Morgan fingerprint density at radius 3 is 2.89 bits per heavy atom. The fourth-order valence-electron chi connectivity index (χ4n) is 1.49. The zero-order valence-electron chi connectivity index (χ0n) is 9.56. The van der Waals surface area contributed by atoms with Crippen LogP contribution in [-0.2, 0) is 6.54 Å².